The summed E-state index contributed by atoms with van der Waals surface area (Å²) in [6.07, 6.45) is 2.38. The van der Waals surface area contributed by atoms with Crippen LogP contribution in [0.2, 0.25) is 5.02 Å². The molecule has 1 rings (SSSR count). The predicted molar refractivity (Wildman–Crippen MR) is 67.5 cm³/mol. The van der Waals surface area contributed by atoms with Gasteiger partial charge in [-0.1, -0.05) is 31.0 Å². The fourth-order valence-electron chi connectivity index (χ4n) is 1.50. The Balaban J connectivity index is 2.76. The third kappa shape index (κ3) is 3.40. The van der Waals surface area contributed by atoms with Gasteiger partial charge < -0.3 is 10.6 Å². The number of anilines is 1. The van der Waals surface area contributed by atoms with Crippen molar-refractivity contribution in [3.8, 4) is 0 Å². The minimum absolute atomic E-state index is 0.540. The van der Waals surface area contributed by atoms with Gasteiger partial charge in [-0.15, -0.1) is 0 Å². The lowest BCUT2D eigenvalue weighted by Gasteiger charge is -2.20. The number of halogens is 1. The zero-order valence-corrected chi connectivity index (χ0v) is 10.2. The molecule has 0 saturated heterocycles. The molecule has 0 amide bonds. The van der Waals surface area contributed by atoms with E-state index >= 15 is 0 Å². The van der Waals surface area contributed by atoms with E-state index in [-0.39, 0.29) is 0 Å². The molecule has 0 fully saturated rings. The van der Waals surface area contributed by atoms with Crippen molar-refractivity contribution < 1.29 is 0 Å². The van der Waals surface area contributed by atoms with E-state index in [0.29, 0.717) is 6.54 Å². The van der Waals surface area contributed by atoms with Crippen molar-refractivity contribution in [2.75, 3.05) is 18.5 Å². The number of unbranched alkanes of at least 4 members (excludes halogenated alkanes) is 1. The summed E-state index contributed by atoms with van der Waals surface area (Å²) in [4.78, 5) is 2.19. The molecule has 84 valence electrons. The Kier molecular flexibility index (Phi) is 4.92. The normalized spacial score (nSPS) is 10.4. The molecule has 0 heterocycles. The Bertz CT molecular complexity index is 312. The SMILES string of the molecule is CCCCN(C)c1ccc(CN)cc1Cl. The molecule has 0 aromatic heterocycles. The molecule has 0 atom stereocenters. The van der Waals surface area contributed by atoms with E-state index in [1.54, 1.807) is 0 Å². The molecule has 3 heteroatoms. The molecule has 0 spiro atoms. The lowest BCUT2D eigenvalue weighted by molar-refractivity contribution is 0.766. The van der Waals surface area contributed by atoms with Crippen LogP contribution in [0.5, 0.6) is 0 Å². The summed E-state index contributed by atoms with van der Waals surface area (Å²) in [5, 5.41) is 0.788. The molecule has 0 bridgehead atoms. The van der Waals surface area contributed by atoms with Crippen molar-refractivity contribution >= 4 is 17.3 Å². The van der Waals surface area contributed by atoms with Gasteiger partial charge in [0, 0.05) is 20.1 Å². The van der Waals surface area contributed by atoms with Gasteiger partial charge in [-0.05, 0) is 24.1 Å². The number of nitrogens with zero attached hydrogens (tertiary/aromatic N) is 1. The van der Waals surface area contributed by atoms with E-state index < -0.39 is 0 Å². The maximum Gasteiger partial charge on any atom is 0.0642 e. The van der Waals surface area contributed by atoms with Gasteiger partial charge in [0.05, 0.1) is 10.7 Å². The first-order chi connectivity index (χ1) is 7.19. The first kappa shape index (κ1) is 12.3. The van der Waals surface area contributed by atoms with Crippen LogP contribution in [0.4, 0.5) is 5.69 Å². The monoisotopic (exact) mass is 226 g/mol. The van der Waals surface area contributed by atoms with Gasteiger partial charge in [0.25, 0.3) is 0 Å². The van der Waals surface area contributed by atoms with Crippen molar-refractivity contribution in [2.45, 2.75) is 26.3 Å². The quantitative estimate of drug-likeness (QED) is 0.836. The van der Waals surface area contributed by atoms with Gasteiger partial charge in [0.15, 0.2) is 0 Å². The minimum atomic E-state index is 0.540. The second kappa shape index (κ2) is 5.99. The van der Waals surface area contributed by atoms with Crippen molar-refractivity contribution in [3.05, 3.63) is 28.8 Å². The molecule has 0 radical (unpaired) electrons. The van der Waals surface area contributed by atoms with E-state index in [9.17, 15) is 0 Å². The zero-order valence-electron chi connectivity index (χ0n) is 9.46. The number of benzene rings is 1. The van der Waals surface area contributed by atoms with Crippen LogP contribution < -0.4 is 10.6 Å². The first-order valence-electron chi connectivity index (χ1n) is 5.38. The summed E-state index contributed by atoms with van der Waals surface area (Å²) in [5.41, 5.74) is 7.71. The van der Waals surface area contributed by atoms with E-state index in [2.05, 4.69) is 18.9 Å². The maximum atomic E-state index is 6.18. The molecule has 2 N–H and O–H groups in total. The average Bonchev–Trinajstić information content (AvgIpc) is 2.25. The Morgan fingerprint density at radius 3 is 2.67 bits per heavy atom. The number of rotatable bonds is 5. The van der Waals surface area contributed by atoms with Gasteiger partial charge >= 0.3 is 0 Å². The summed E-state index contributed by atoms with van der Waals surface area (Å²) in [7, 11) is 2.07. The average molecular weight is 227 g/mol. The van der Waals surface area contributed by atoms with Gasteiger partial charge in [-0.2, -0.15) is 0 Å². The van der Waals surface area contributed by atoms with Gasteiger partial charge in [-0.3, -0.25) is 0 Å². The Hall–Kier alpha value is -0.730. The van der Waals surface area contributed by atoms with Crippen LogP contribution >= 0.6 is 11.6 Å². The second-order valence-corrected chi connectivity index (χ2v) is 4.17. The number of hydrogen-bond donors (Lipinski definition) is 1. The number of hydrogen-bond acceptors (Lipinski definition) is 2. The van der Waals surface area contributed by atoms with E-state index in [1.165, 1.54) is 12.8 Å². The highest BCUT2D eigenvalue weighted by molar-refractivity contribution is 6.33. The van der Waals surface area contributed by atoms with Crippen molar-refractivity contribution in [3.63, 3.8) is 0 Å². The van der Waals surface area contributed by atoms with Crippen LogP contribution in [-0.2, 0) is 6.54 Å². The van der Waals surface area contributed by atoms with Crippen molar-refractivity contribution in [2.24, 2.45) is 5.73 Å². The Morgan fingerprint density at radius 2 is 2.13 bits per heavy atom. The van der Waals surface area contributed by atoms with Crippen molar-refractivity contribution in [1.29, 1.82) is 0 Å². The maximum absolute atomic E-state index is 6.18. The summed E-state index contributed by atoms with van der Waals surface area (Å²) in [5.74, 6) is 0. The summed E-state index contributed by atoms with van der Waals surface area (Å²) >= 11 is 6.18. The van der Waals surface area contributed by atoms with Crippen LogP contribution in [0.25, 0.3) is 0 Å². The van der Waals surface area contributed by atoms with Crippen LogP contribution in [0.1, 0.15) is 25.3 Å². The molecule has 0 saturated carbocycles. The smallest absolute Gasteiger partial charge is 0.0642 e. The topological polar surface area (TPSA) is 29.3 Å². The summed E-state index contributed by atoms with van der Waals surface area (Å²) < 4.78 is 0. The second-order valence-electron chi connectivity index (χ2n) is 3.76. The zero-order chi connectivity index (χ0) is 11.3. The van der Waals surface area contributed by atoms with E-state index in [0.717, 1.165) is 22.8 Å². The van der Waals surface area contributed by atoms with Gasteiger partial charge in [0.1, 0.15) is 0 Å². The van der Waals surface area contributed by atoms with Gasteiger partial charge in [-0.25, -0.2) is 0 Å². The van der Waals surface area contributed by atoms with E-state index in [4.69, 9.17) is 17.3 Å². The minimum Gasteiger partial charge on any atom is -0.373 e. The standard InChI is InChI=1S/C12H19ClN2/c1-3-4-7-15(2)12-6-5-10(9-14)8-11(12)13/h5-6,8H,3-4,7,9,14H2,1-2H3. The van der Waals surface area contributed by atoms with Crippen LogP contribution in [0, 0.1) is 0 Å². The fraction of sp³-hybridized carbons (Fsp3) is 0.500. The lowest BCUT2D eigenvalue weighted by atomic mass is 10.2. The van der Waals surface area contributed by atoms with Crippen LogP contribution in [0.15, 0.2) is 18.2 Å². The molecule has 15 heavy (non-hydrogen) atoms. The highest BCUT2D eigenvalue weighted by atomic mass is 35.5. The molecule has 0 aliphatic heterocycles. The summed E-state index contributed by atoms with van der Waals surface area (Å²) in [6, 6.07) is 6.02. The third-order valence-corrected chi connectivity index (χ3v) is 2.81. The third-order valence-electron chi connectivity index (χ3n) is 2.51. The highest BCUT2D eigenvalue weighted by Crippen LogP contribution is 2.26. The van der Waals surface area contributed by atoms with Crippen molar-refractivity contribution in [1.82, 2.24) is 0 Å². The predicted octanol–water partition coefficient (Wildman–Crippen LogP) is 3.04. The van der Waals surface area contributed by atoms with E-state index in [1.807, 2.05) is 18.2 Å². The largest absolute Gasteiger partial charge is 0.373 e. The first-order valence-corrected chi connectivity index (χ1v) is 5.76. The number of nitrogens with two attached hydrogens (primary N) is 1. The summed E-state index contributed by atoms with van der Waals surface area (Å²) in [6.45, 7) is 3.77. The van der Waals surface area contributed by atoms with Crippen LogP contribution in [-0.4, -0.2) is 13.6 Å². The fourth-order valence-corrected chi connectivity index (χ4v) is 1.85. The molecule has 0 aliphatic carbocycles. The molecule has 1 aromatic carbocycles. The molecular formula is C12H19ClN2. The molecule has 0 aliphatic rings. The van der Waals surface area contributed by atoms with Crippen LogP contribution in [0.3, 0.4) is 0 Å². The lowest BCUT2D eigenvalue weighted by Crippen LogP contribution is -2.18. The molecule has 2 nitrogen and oxygen atoms in total. The Labute approximate surface area is 97.0 Å². The molecule has 0 unspecified atom stereocenters. The van der Waals surface area contributed by atoms with Gasteiger partial charge in [0.2, 0.25) is 0 Å². The molecular weight excluding hydrogens is 208 g/mol. The molecule has 1 aromatic rings. The Morgan fingerprint density at radius 1 is 1.40 bits per heavy atom. The highest BCUT2D eigenvalue weighted by Gasteiger charge is 2.05.